The molecule has 140 valence electrons. The summed E-state index contributed by atoms with van der Waals surface area (Å²) in [6, 6.07) is 0.240. The fourth-order valence-corrected chi connectivity index (χ4v) is 3.06. The van der Waals surface area contributed by atoms with Gasteiger partial charge >= 0.3 is 0 Å². The molecule has 0 aromatic carbocycles. The minimum Gasteiger partial charge on any atom is -0.352 e. The van der Waals surface area contributed by atoms with Gasteiger partial charge in [0.15, 0.2) is 5.96 Å². The van der Waals surface area contributed by atoms with Gasteiger partial charge in [-0.2, -0.15) is 0 Å². The highest BCUT2D eigenvalue weighted by molar-refractivity contribution is 5.81. The summed E-state index contributed by atoms with van der Waals surface area (Å²) in [5.41, 5.74) is 0. The third kappa shape index (κ3) is 5.47. The van der Waals surface area contributed by atoms with Gasteiger partial charge in [-0.3, -0.25) is 9.79 Å². The summed E-state index contributed by atoms with van der Waals surface area (Å²) in [6.45, 7) is 11.4. The summed E-state index contributed by atoms with van der Waals surface area (Å²) in [6.07, 6.45) is 4.79. The van der Waals surface area contributed by atoms with Crippen molar-refractivity contribution in [2.24, 2.45) is 16.8 Å². The van der Waals surface area contributed by atoms with Gasteiger partial charge in [-0.1, -0.05) is 27.7 Å². The number of aliphatic imine (C=N–C) groups is 1. The fraction of sp³-hybridized carbons (Fsp3) is 0.722. The first-order valence-corrected chi connectivity index (χ1v) is 9.16. The monoisotopic (exact) mass is 348 g/mol. The van der Waals surface area contributed by atoms with Crippen LogP contribution in [-0.4, -0.2) is 52.5 Å². The molecule has 7 heteroatoms. The van der Waals surface area contributed by atoms with Crippen LogP contribution in [0.5, 0.6) is 0 Å². The third-order valence-electron chi connectivity index (χ3n) is 4.34. The van der Waals surface area contributed by atoms with E-state index in [-0.39, 0.29) is 17.9 Å². The summed E-state index contributed by atoms with van der Waals surface area (Å²) in [5, 5.41) is 6.75. The number of guanidine groups is 1. The predicted molar refractivity (Wildman–Crippen MR) is 100 cm³/mol. The van der Waals surface area contributed by atoms with Crippen LogP contribution in [0, 0.1) is 11.8 Å². The average Bonchev–Trinajstić information content (AvgIpc) is 3.19. The molecule has 1 aromatic rings. The number of aromatic nitrogens is 2. The Morgan fingerprint density at radius 2 is 2.16 bits per heavy atom. The average molecular weight is 348 g/mol. The molecule has 1 unspecified atom stereocenters. The van der Waals surface area contributed by atoms with Crippen LogP contribution in [0.25, 0.3) is 0 Å². The summed E-state index contributed by atoms with van der Waals surface area (Å²) >= 11 is 0. The Balaban J connectivity index is 1.84. The van der Waals surface area contributed by atoms with E-state index in [0.717, 1.165) is 37.8 Å². The molecule has 25 heavy (non-hydrogen) atoms. The Hall–Kier alpha value is -2.05. The summed E-state index contributed by atoms with van der Waals surface area (Å²) in [7, 11) is 1.77. The maximum atomic E-state index is 12.1. The van der Waals surface area contributed by atoms with E-state index in [4.69, 9.17) is 0 Å². The molecular formula is C18H32N6O. The van der Waals surface area contributed by atoms with Gasteiger partial charge in [0.05, 0.1) is 6.54 Å². The molecule has 2 heterocycles. The van der Waals surface area contributed by atoms with Gasteiger partial charge in [-0.25, -0.2) is 4.98 Å². The highest BCUT2D eigenvalue weighted by Gasteiger charge is 2.27. The number of hydrogen-bond donors (Lipinski definition) is 2. The molecule has 7 nitrogen and oxygen atoms in total. The quantitative estimate of drug-likeness (QED) is 0.603. The minimum atomic E-state index is 0.0519. The van der Waals surface area contributed by atoms with Crippen molar-refractivity contribution in [1.29, 1.82) is 0 Å². The van der Waals surface area contributed by atoms with Gasteiger partial charge < -0.3 is 20.1 Å². The highest BCUT2D eigenvalue weighted by Crippen LogP contribution is 2.12. The number of amides is 1. The van der Waals surface area contributed by atoms with Crippen LogP contribution in [0.2, 0.25) is 0 Å². The molecule has 2 rings (SSSR count). The Kier molecular flexibility index (Phi) is 6.84. The molecule has 0 radical (unpaired) electrons. The van der Waals surface area contributed by atoms with Crippen molar-refractivity contribution in [1.82, 2.24) is 25.1 Å². The van der Waals surface area contributed by atoms with Crippen molar-refractivity contribution in [2.45, 2.75) is 53.2 Å². The van der Waals surface area contributed by atoms with Gasteiger partial charge in [0.1, 0.15) is 5.82 Å². The van der Waals surface area contributed by atoms with Gasteiger partial charge in [0.25, 0.3) is 0 Å². The SMILES string of the molecule is CN=C(NCc1nccn1CC(C)C)NC1CCN(C(=O)C(C)C)C1. The van der Waals surface area contributed by atoms with E-state index in [9.17, 15) is 4.79 Å². The topological polar surface area (TPSA) is 74.6 Å². The van der Waals surface area contributed by atoms with Crippen LogP contribution in [-0.2, 0) is 17.9 Å². The molecule has 1 aromatic heterocycles. The molecular weight excluding hydrogens is 316 g/mol. The third-order valence-corrected chi connectivity index (χ3v) is 4.34. The van der Waals surface area contributed by atoms with Crippen LogP contribution in [0.15, 0.2) is 17.4 Å². The molecule has 0 saturated carbocycles. The van der Waals surface area contributed by atoms with Crippen molar-refractivity contribution in [3.05, 3.63) is 18.2 Å². The Labute approximate surface area is 150 Å². The van der Waals surface area contributed by atoms with Crippen molar-refractivity contribution in [2.75, 3.05) is 20.1 Å². The Bertz CT molecular complexity index is 592. The molecule has 1 aliphatic heterocycles. The minimum absolute atomic E-state index is 0.0519. The number of imidazole rings is 1. The molecule has 1 fully saturated rings. The molecule has 0 bridgehead atoms. The van der Waals surface area contributed by atoms with Crippen molar-refractivity contribution >= 4 is 11.9 Å². The van der Waals surface area contributed by atoms with Crippen molar-refractivity contribution in [3.63, 3.8) is 0 Å². The van der Waals surface area contributed by atoms with E-state index in [1.165, 1.54) is 0 Å². The summed E-state index contributed by atoms with van der Waals surface area (Å²) < 4.78 is 2.17. The number of nitrogens with zero attached hydrogens (tertiary/aromatic N) is 4. The van der Waals surface area contributed by atoms with E-state index in [2.05, 4.69) is 39.0 Å². The fourth-order valence-electron chi connectivity index (χ4n) is 3.06. The molecule has 1 saturated heterocycles. The number of rotatable bonds is 6. The maximum Gasteiger partial charge on any atom is 0.225 e. The predicted octanol–water partition coefficient (Wildman–Crippen LogP) is 1.46. The lowest BCUT2D eigenvalue weighted by molar-refractivity contribution is -0.133. The number of carbonyl (C=O) groups excluding carboxylic acids is 1. The first kappa shape index (κ1) is 19.3. The van der Waals surface area contributed by atoms with Gasteiger partial charge in [-0.15, -0.1) is 0 Å². The second-order valence-corrected chi connectivity index (χ2v) is 7.38. The van der Waals surface area contributed by atoms with Gasteiger partial charge in [0.2, 0.25) is 5.91 Å². The smallest absolute Gasteiger partial charge is 0.225 e. The maximum absolute atomic E-state index is 12.1. The van der Waals surface area contributed by atoms with Gasteiger partial charge in [0, 0.05) is 51.0 Å². The van der Waals surface area contributed by atoms with E-state index in [1.54, 1.807) is 7.05 Å². The lowest BCUT2D eigenvalue weighted by Gasteiger charge is -2.20. The van der Waals surface area contributed by atoms with Crippen LogP contribution in [0.1, 0.15) is 39.9 Å². The van der Waals surface area contributed by atoms with E-state index >= 15 is 0 Å². The molecule has 1 amide bonds. The molecule has 1 atom stereocenters. The largest absolute Gasteiger partial charge is 0.352 e. The Morgan fingerprint density at radius 1 is 1.40 bits per heavy atom. The Morgan fingerprint density at radius 3 is 2.80 bits per heavy atom. The van der Waals surface area contributed by atoms with Crippen LogP contribution in [0.4, 0.5) is 0 Å². The standard InChI is InChI=1S/C18H32N6O/c1-13(2)11-23-9-7-20-16(23)10-21-18(19-5)22-15-6-8-24(12-15)17(25)14(3)4/h7,9,13-15H,6,8,10-12H2,1-5H3,(H2,19,21,22). The summed E-state index contributed by atoms with van der Waals surface area (Å²) in [4.78, 5) is 22.8. The van der Waals surface area contributed by atoms with Crippen molar-refractivity contribution in [3.8, 4) is 0 Å². The summed E-state index contributed by atoms with van der Waals surface area (Å²) in [5.74, 6) is 2.61. The van der Waals surface area contributed by atoms with E-state index < -0.39 is 0 Å². The first-order chi connectivity index (χ1) is 11.9. The van der Waals surface area contributed by atoms with E-state index in [1.807, 2.05) is 31.1 Å². The second kappa shape index (κ2) is 8.87. The number of hydrogen-bond acceptors (Lipinski definition) is 3. The molecule has 0 aliphatic carbocycles. The molecule has 0 spiro atoms. The van der Waals surface area contributed by atoms with Crippen LogP contribution >= 0.6 is 0 Å². The zero-order chi connectivity index (χ0) is 18.4. The highest BCUT2D eigenvalue weighted by atomic mass is 16.2. The lowest BCUT2D eigenvalue weighted by Crippen LogP contribution is -2.45. The lowest BCUT2D eigenvalue weighted by atomic mass is 10.2. The zero-order valence-corrected chi connectivity index (χ0v) is 16.1. The van der Waals surface area contributed by atoms with Crippen molar-refractivity contribution < 1.29 is 4.79 Å². The molecule has 1 aliphatic rings. The van der Waals surface area contributed by atoms with Gasteiger partial charge in [-0.05, 0) is 12.3 Å². The normalized spacial score (nSPS) is 18.3. The number of carbonyl (C=O) groups is 1. The van der Waals surface area contributed by atoms with Crippen LogP contribution < -0.4 is 10.6 Å². The van der Waals surface area contributed by atoms with E-state index in [0.29, 0.717) is 12.5 Å². The number of likely N-dealkylation sites (tertiary alicyclic amines) is 1. The first-order valence-electron chi connectivity index (χ1n) is 9.16. The second-order valence-electron chi connectivity index (χ2n) is 7.38. The zero-order valence-electron chi connectivity index (χ0n) is 16.1. The van der Waals surface area contributed by atoms with Crippen LogP contribution in [0.3, 0.4) is 0 Å². The molecule has 2 N–H and O–H groups in total. The number of nitrogens with one attached hydrogen (secondary N) is 2.